The van der Waals surface area contributed by atoms with Gasteiger partial charge in [0.1, 0.15) is 0 Å². The lowest BCUT2D eigenvalue weighted by Gasteiger charge is -2.27. The average Bonchev–Trinajstić information content (AvgIpc) is 2.15. The standard InChI is InChI=1S/C11H24N2O2S/c1-11(2,3)16(14,15)13-8-9-4-6-10(12)7-5-9/h9-10,13H,4-8,12H2,1-3H3/t9-,10-. The highest BCUT2D eigenvalue weighted by atomic mass is 32.2. The van der Waals surface area contributed by atoms with E-state index >= 15 is 0 Å². The van der Waals surface area contributed by atoms with E-state index in [0.29, 0.717) is 18.5 Å². The molecule has 16 heavy (non-hydrogen) atoms. The maximum Gasteiger partial charge on any atom is 0.216 e. The van der Waals surface area contributed by atoms with Crippen molar-refractivity contribution in [2.24, 2.45) is 11.7 Å². The Morgan fingerprint density at radius 2 is 1.69 bits per heavy atom. The van der Waals surface area contributed by atoms with E-state index in [1.807, 2.05) is 0 Å². The lowest BCUT2D eigenvalue weighted by molar-refractivity contribution is 0.325. The van der Waals surface area contributed by atoms with E-state index in [2.05, 4.69) is 4.72 Å². The van der Waals surface area contributed by atoms with Crippen molar-refractivity contribution in [3.05, 3.63) is 0 Å². The van der Waals surface area contributed by atoms with Crippen LogP contribution >= 0.6 is 0 Å². The van der Waals surface area contributed by atoms with Crippen LogP contribution in [0, 0.1) is 5.92 Å². The summed E-state index contributed by atoms with van der Waals surface area (Å²) in [6.45, 7) is 5.71. The first-order valence-corrected chi connectivity index (χ1v) is 7.45. The summed E-state index contributed by atoms with van der Waals surface area (Å²) in [4.78, 5) is 0. The molecule has 0 aromatic rings. The van der Waals surface area contributed by atoms with Gasteiger partial charge >= 0.3 is 0 Å². The van der Waals surface area contributed by atoms with Crippen LogP contribution in [0.15, 0.2) is 0 Å². The van der Waals surface area contributed by atoms with Crippen molar-refractivity contribution in [2.75, 3.05) is 6.54 Å². The second kappa shape index (κ2) is 5.02. The summed E-state index contributed by atoms with van der Waals surface area (Å²) in [6.07, 6.45) is 4.10. The lowest BCUT2D eigenvalue weighted by atomic mass is 9.87. The van der Waals surface area contributed by atoms with Gasteiger partial charge < -0.3 is 5.73 Å². The van der Waals surface area contributed by atoms with Gasteiger partial charge in [-0.2, -0.15) is 0 Å². The third-order valence-electron chi connectivity index (χ3n) is 3.26. The molecule has 0 aromatic carbocycles. The van der Waals surface area contributed by atoms with Crippen LogP contribution in [0.5, 0.6) is 0 Å². The van der Waals surface area contributed by atoms with Crippen molar-refractivity contribution in [2.45, 2.75) is 57.2 Å². The number of sulfonamides is 1. The number of rotatable bonds is 3. The van der Waals surface area contributed by atoms with E-state index in [0.717, 1.165) is 25.7 Å². The molecule has 0 aromatic heterocycles. The van der Waals surface area contributed by atoms with Gasteiger partial charge in [0.25, 0.3) is 0 Å². The molecule has 0 amide bonds. The highest BCUT2D eigenvalue weighted by Crippen LogP contribution is 2.23. The molecule has 1 aliphatic rings. The van der Waals surface area contributed by atoms with Crippen LogP contribution in [0.1, 0.15) is 46.5 Å². The molecule has 1 rings (SSSR count). The largest absolute Gasteiger partial charge is 0.328 e. The summed E-state index contributed by atoms with van der Waals surface area (Å²) >= 11 is 0. The fourth-order valence-corrected chi connectivity index (χ4v) is 2.72. The van der Waals surface area contributed by atoms with Crippen LogP contribution in [-0.4, -0.2) is 25.8 Å². The molecule has 1 saturated carbocycles. The fourth-order valence-electron chi connectivity index (χ4n) is 1.84. The van der Waals surface area contributed by atoms with Gasteiger partial charge in [-0.3, -0.25) is 0 Å². The van der Waals surface area contributed by atoms with E-state index in [1.54, 1.807) is 20.8 Å². The Bertz CT molecular complexity index is 311. The second-order valence-electron chi connectivity index (χ2n) is 5.75. The van der Waals surface area contributed by atoms with Gasteiger partial charge in [-0.15, -0.1) is 0 Å². The Labute approximate surface area is 99.0 Å². The summed E-state index contributed by atoms with van der Waals surface area (Å²) < 4.78 is 25.6. The number of nitrogens with two attached hydrogens (primary N) is 1. The molecule has 96 valence electrons. The Morgan fingerprint density at radius 1 is 1.19 bits per heavy atom. The number of hydrogen-bond donors (Lipinski definition) is 2. The van der Waals surface area contributed by atoms with Crippen LogP contribution < -0.4 is 10.5 Å². The van der Waals surface area contributed by atoms with Crippen LogP contribution in [0.2, 0.25) is 0 Å². The predicted octanol–water partition coefficient (Wildman–Crippen LogP) is 1.22. The van der Waals surface area contributed by atoms with Gasteiger partial charge in [-0.25, -0.2) is 13.1 Å². The lowest BCUT2D eigenvalue weighted by Crippen LogP contribution is -2.42. The molecule has 0 heterocycles. The molecule has 0 spiro atoms. The van der Waals surface area contributed by atoms with Gasteiger partial charge in [-0.05, 0) is 52.4 Å². The van der Waals surface area contributed by atoms with Crippen LogP contribution in [0.4, 0.5) is 0 Å². The van der Waals surface area contributed by atoms with Crippen LogP contribution in [0.25, 0.3) is 0 Å². The van der Waals surface area contributed by atoms with E-state index in [1.165, 1.54) is 0 Å². The zero-order chi connectivity index (χ0) is 12.4. The Hall–Kier alpha value is -0.130. The van der Waals surface area contributed by atoms with Gasteiger partial charge in [0.05, 0.1) is 4.75 Å². The second-order valence-corrected chi connectivity index (χ2v) is 8.27. The third-order valence-corrected chi connectivity index (χ3v) is 5.42. The third kappa shape index (κ3) is 3.71. The zero-order valence-corrected chi connectivity index (χ0v) is 11.3. The number of hydrogen-bond acceptors (Lipinski definition) is 3. The number of nitrogens with one attached hydrogen (secondary N) is 1. The van der Waals surface area contributed by atoms with Gasteiger partial charge in [0.2, 0.25) is 10.0 Å². The molecule has 0 unspecified atom stereocenters. The van der Waals surface area contributed by atoms with Crippen molar-refractivity contribution in [1.82, 2.24) is 4.72 Å². The van der Waals surface area contributed by atoms with Crippen molar-refractivity contribution >= 4 is 10.0 Å². The van der Waals surface area contributed by atoms with Crippen molar-refractivity contribution in [3.63, 3.8) is 0 Å². The Balaban J connectivity index is 2.41. The van der Waals surface area contributed by atoms with E-state index in [9.17, 15) is 8.42 Å². The van der Waals surface area contributed by atoms with Crippen molar-refractivity contribution in [1.29, 1.82) is 0 Å². The van der Waals surface area contributed by atoms with E-state index in [-0.39, 0.29) is 0 Å². The molecule has 1 fully saturated rings. The maximum absolute atomic E-state index is 11.8. The first kappa shape index (κ1) is 13.9. The normalized spacial score (nSPS) is 28.0. The summed E-state index contributed by atoms with van der Waals surface area (Å²) in [5.41, 5.74) is 5.81. The quantitative estimate of drug-likeness (QED) is 0.789. The van der Waals surface area contributed by atoms with Gasteiger partial charge in [-0.1, -0.05) is 0 Å². The minimum Gasteiger partial charge on any atom is -0.328 e. The molecule has 0 saturated heterocycles. The highest BCUT2D eigenvalue weighted by molar-refractivity contribution is 7.90. The molecule has 0 radical (unpaired) electrons. The fraction of sp³-hybridized carbons (Fsp3) is 1.00. The molecule has 3 N–H and O–H groups in total. The first-order valence-electron chi connectivity index (χ1n) is 5.97. The monoisotopic (exact) mass is 248 g/mol. The zero-order valence-electron chi connectivity index (χ0n) is 10.5. The molecular weight excluding hydrogens is 224 g/mol. The van der Waals surface area contributed by atoms with Gasteiger partial charge in [0.15, 0.2) is 0 Å². The Kier molecular flexibility index (Phi) is 4.37. The summed E-state index contributed by atoms with van der Waals surface area (Å²) in [7, 11) is -3.19. The SMILES string of the molecule is CC(C)(C)S(=O)(=O)NC[C@H]1CC[C@H](N)CC1. The first-order chi connectivity index (χ1) is 7.22. The smallest absolute Gasteiger partial charge is 0.216 e. The van der Waals surface area contributed by atoms with Crippen molar-refractivity contribution in [3.8, 4) is 0 Å². The highest BCUT2D eigenvalue weighted by Gasteiger charge is 2.29. The molecule has 4 nitrogen and oxygen atoms in total. The summed E-state index contributed by atoms with van der Waals surface area (Å²) in [5, 5.41) is 0. The summed E-state index contributed by atoms with van der Waals surface area (Å²) in [6, 6.07) is 0.315. The van der Waals surface area contributed by atoms with Crippen LogP contribution in [-0.2, 0) is 10.0 Å². The molecule has 0 aliphatic heterocycles. The van der Waals surface area contributed by atoms with E-state index < -0.39 is 14.8 Å². The van der Waals surface area contributed by atoms with Gasteiger partial charge in [0, 0.05) is 12.6 Å². The minimum atomic E-state index is -3.19. The molecule has 5 heteroatoms. The predicted molar refractivity (Wildman–Crippen MR) is 66.6 cm³/mol. The maximum atomic E-state index is 11.8. The topological polar surface area (TPSA) is 72.2 Å². The van der Waals surface area contributed by atoms with Crippen LogP contribution in [0.3, 0.4) is 0 Å². The minimum absolute atomic E-state index is 0.315. The van der Waals surface area contributed by atoms with E-state index in [4.69, 9.17) is 5.73 Å². The summed E-state index contributed by atoms with van der Waals surface area (Å²) in [5.74, 6) is 0.455. The molecule has 0 atom stereocenters. The average molecular weight is 248 g/mol. The molecular formula is C11H24N2O2S. The molecule has 0 bridgehead atoms. The Morgan fingerprint density at radius 3 is 2.12 bits per heavy atom. The van der Waals surface area contributed by atoms with Crippen molar-refractivity contribution < 1.29 is 8.42 Å². The molecule has 1 aliphatic carbocycles.